The van der Waals surface area contributed by atoms with Crippen LogP contribution in [0.2, 0.25) is 0 Å². The molecule has 2 rings (SSSR count). The molecule has 1 aromatic heterocycles. The molecule has 0 aliphatic carbocycles. The van der Waals surface area contributed by atoms with Gasteiger partial charge in [0.2, 0.25) is 5.91 Å². The third-order valence-corrected chi connectivity index (χ3v) is 3.40. The number of amides is 1. The van der Waals surface area contributed by atoms with Crippen molar-refractivity contribution in [3.63, 3.8) is 0 Å². The fraction of sp³-hybridized carbons (Fsp3) is 0.538. The highest BCUT2D eigenvalue weighted by Crippen LogP contribution is 2.28. The quantitative estimate of drug-likeness (QED) is 0.727. The molecule has 1 unspecified atom stereocenters. The van der Waals surface area contributed by atoms with Crippen molar-refractivity contribution in [1.82, 2.24) is 14.5 Å². The van der Waals surface area contributed by atoms with Crippen LogP contribution < -0.4 is 11.2 Å². The Morgan fingerprint density at radius 2 is 2.14 bits per heavy atom. The molecule has 21 heavy (non-hydrogen) atoms. The van der Waals surface area contributed by atoms with Gasteiger partial charge in [-0.1, -0.05) is 0 Å². The monoisotopic (exact) mass is 295 g/mol. The smallest absolute Gasteiger partial charge is 0.329 e. The number of carbonyl (C=O) groups is 2. The first-order valence-corrected chi connectivity index (χ1v) is 6.48. The average Bonchev–Trinajstić information content (AvgIpc) is 2.65. The molecule has 1 amide bonds. The number of nitrogens with one attached hydrogen (secondary N) is 1. The molecule has 0 saturated carbocycles. The van der Waals surface area contributed by atoms with Crippen molar-refractivity contribution >= 4 is 11.9 Å². The van der Waals surface area contributed by atoms with Crippen LogP contribution in [0.5, 0.6) is 0 Å². The Bertz CT molecular complexity index is 688. The predicted octanol–water partition coefficient (Wildman–Crippen LogP) is -0.911. The minimum atomic E-state index is -0.668. The van der Waals surface area contributed by atoms with Crippen LogP contribution in [-0.4, -0.2) is 45.0 Å². The van der Waals surface area contributed by atoms with Crippen molar-refractivity contribution in [2.24, 2.45) is 0 Å². The van der Waals surface area contributed by atoms with E-state index in [1.807, 2.05) is 0 Å². The molecular formula is C13H17N3O5. The van der Waals surface area contributed by atoms with Crippen LogP contribution in [-0.2, 0) is 20.9 Å². The van der Waals surface area contributed by atoms with Crippen LogP contribution in [0, 0.1) is 0 Å². The van der Waals surface area contributed by atoms with Crippen LogP contribution in [0.15, 0.2) is 21.9 Å². The summed E-state index contributed by atoms with van der Waals surface area (Å²) < 4.78 is 6.25. The Hall–Kier alpha value is -2.38. The van der Waals surface area contributed by atoms with Gasteiger partial charge in [-0.2, -0.15) is 0 Å². The molecule has 1 fully saturated rings. The number of aromatic nitrogens is 2. The SMILES string of the molecule is CN(C(=O)Cn1ccc(=O)[nH]c1=O)C1CC(C)(C)OC1=O. The van der Waals surface area contributed by atoms with Gasteiger partial charge in [0.05, 0.1) is 0 Å². The lowest BCUT2D eigenvalue weighted by atomic mass is 10.0. The molecule has 0 bridgehead atoms. The summed E-state index contributed by atoms with van der Waals surface area (Å²) in [5.74, 6) is -0.867. The molecule has 2 heterocycles. The number of H-pyrrole nitrogens is 1. The molecule has 8 heteroatoms. The standard InChI is InChI=1S/C13H17N3O5/c1-13(2)6-8(11(19)21-13)15(3)10(18)7-16-5-4-9(17)14-12(16)20/h4-5,8H,6-7H2,1-3H3,(H,14,17,20). The third-order valence-electron chi connectivity index (χ3n) is 3.40. The highest BCUT2D eigenvalue weighted by atomic mass is 16.6. The number of rotatable bonds is 3. The largest absolute Gasteiger partial charge is 0.458 e. The van der Waals surface area contributed by atoms with Crippen molar-refractivity contribution in [1.29, 1.82) is 0 Å². The maximum Gasteiger partial charge on any atom is 0.329 e. The summed E-state index contributed by atoms with van der Waals surface area (Å²) in [7, 11) is 1.49. The van der Waals surface area contributed by atoms with E-state index in [0.717, 1.165) is 10.6 Å². The normalized spacial score (nSPS) is 20.1. The molecule has 1 aromatic rings. The first-order chi connectivity index (χ1) is 9.69. The molecule has 1 saturated heterocycles. The third kappa shape index (κ3) is 3.21. The van der Waals surface area contributed by atoms with Gasteiger partial charge in [0.25, 0.3) is 5.56 Å². The summed E-state index contributed by atoms with van der Waals surface area (Å²) in [6.07, 6.45) is 1.64. The van der Waals surface area contributed by atoms with Gasteiger partial charge < -0.3 is 9.64 Å². The van der Waals surface area contributed by atoms with Crippen LogP contribution >= 0.6 is 0 Å². The minimum absolute atomic E-state index is 0.254. The number of nitrogens with zero attached hydrogens (tertiary/aromatic N) is 2. The van der Waals surface area contributed by atoms with Crippen LogP contribution in [0.3, 0.4) is 0 Å². The summed E-state index contributed by atoms with van der Waals surface area (Å²) in [5, 5.41) is 0. The Kier molecular flexibility index (Phi) is 3.71. The lowest BCUT2D eigenvalue weighted by Gasteiger charge is -2.22. The fourth-order valence-corrected chi connectivity index (χ4v) is 2.23. The maximum atomic E-state index is 12.2. The summed E-state index contributed by atoms with van der Waals surface area (Å²) in [6.45, 7) is 3.29. The lowest BCUT2D eigenvalue weighted by molar-refractivity contribution is -0.152. The average molecular weight is 295 g/mol. The first kappa shape index (κ1) is 15.0. The molecule has 1 N–H and O–H groups in total. The van der Waals surface area contributed by atoms with Crippen LogP contribution in [0.25, 0.3) is 0 Å². The van der Waals surface area contributed by atoms with E-state index in [2.05, 4.69) is 4.98 Å². The van der Waals surface area contributed by atoms with E-state index in [9.17, 15) is 19.2 Å². The van der Waals surface area contributed by atoms with Gasteiger partial charge >= 0.3 is 11.7 Å². The zero-order valence-corrected chi connectivity index (χ0v) is 12.1. The molecule has 114 valence electrons. The topological polar surface area (TPSA) is 101 Å². The van der Waals surface area contributed by atoms with E-state index >= 15 is 0 Å². The number of likely N-dealkylation sites (N-methyl/N-ethyl adjacent to an activating group) is 1. The van der Waals surface area contributed by atoms with E-state index in [0.29, 0.717) is 6.42 Å². The second-order valence-corrected chi connectivity index (χ2v) is 5.64. The summed E-state index contributed by atoms with van der Waals surface area (Å²) in [4.78, 5) is 49.8. The van der Waals surface area contributed by atoms with Crippen molar-refractivity contribution in [2.75, 3.05) is 7.05 Å². The summed E-state index contributed by atoms with van der Waals surface area (Å²) in [6, 6.07) is 0.493. The zero-order chi connectivity index (χ0) is 15.8. The van der Waals surface area contributed by atoms with Gasteiger partial charge in [-0.15, -0.1) is 0 Å². The van der Waals surface area contributed by atoms with E-state index < -0.39 is 34.8 Å². The molecule has 1 atom stereocenters. The number of hydrogen-bond donors (Lipinski definition) is 1. The highest BCUT2D eigenvalue weighted by Gasteiger charge is 2.43. The Balaban J connectivity index is 2.12. The lowest BCUT2D eigenvalue weighted by Crippen LogP contribution is -2.43. The maximum absolute atomic E-state index is 12.2. The van der Waals surface area contributed by atoms with Crippen LogP contribution in [0.4, 0.5) is 0 Å². The van der Waals surface area contributed by atoms with E-state index in [1.165, 1.54) is 18.1 Å². The van der Waals surface area contributed by atoms with Gasteiger partial charge in [-0.05, 0) is 13.8 Å². The predicted molar refractivity (Wildman–Crippen MR) is 72.7 cm³/mol. The highest BCUT2D eigenvalue weighted by molar-refractivity contribution is 5.85. The Morgan fingerprint density at radius 3 is 2.67 bits per heavy atom. The second kappa shape index (κ2) is 5.19. The van der Waals surface area contributed by atoms with Crippen molar-refractivity contribution in [2.45, 2.75) is 38.5 Å². The molecule has 1 aliphatic heterocycles. The van der Waals surface area contributed by atoms with Crippen molar-refractivity contribution < 1.29 is 14.3 Å². The van der Waals surface area contributed by atoms with Gasteiger partial charge in [0.1, 0.15) is 18.2 Å². The molecule has 0 radical (unpaired) electrons. The Labute approximate surface area is 120 Å². The summed E-state index contributed by atoms with van der Waals surface area (Å²) >= 11 is 0. The number of ether oxygens (including phenoxy) is 1. The van der Waals surface area contributed by atoms with Gasteiger partial charge in [-0.3, -0.25) is 19.1 Å². The Morgan fingerprint density at radius 1 is 1.48 bits per heavy atom. The van der Waals surface area contributed by atoms with Gasteiger partial charge in [0.15, 0.2) is 0 Å². The van der Waals surface area contributed by atoms with Gasteiger partial charge in [-0.25, -0.2) is 9.59 Å². The number of aromatic amines is 1. The first-order valence-electron chi connectivity index (χ1n) is 6.48. The number of cyclic esters (lactones) is 1. The molecule has 0 aromatic carbocycles. The summed E-state index contributed by atoms with van der Waals surface area (Å²) in [5.41, 5.74) is -1.80. The number of hydrogen-bond acceptors (Lipinski definition) is 5. The van der Waals surface area contributed by atoms with Gasteiger partial charge in [0, 0.05) is 25.7 Å². The number of carbonyl (C=O) groups excluding carboxylic acids is 2. The molecule has 1 aliphatic rings. The minimum Gasteiger partial charge on any atom is -0.458 e. The molecule has 8 nitrogen and oxygen atoms in total. The number of esters is 1. The molecule has 0 spiro atoms. The van der Waals surface area contributed by atoms with E-state index in [4.69, 9.17) is 4.74 Å². The van der Waals surface area contributed by atoms with E-state index in [-0.39, 0.29) is 6.54 Å². The van der Waals surface area contributed by atoms with Crippen LogP contribution in [0.1, 0.15) is 20.3 Å². The zero-order valence-electron chi connectivity index (χ0n) is 12.1. The van der Waals surface area contributed by atoms with E-state index in [1.54, 1.807) is 13.8 Å². The van der Waals surface area contributed by atoms with Crippen molar-refractivity contribution in [3.8, 4) is 0 Å². The molecular weight excluding hydrogens is 278 g/mol. The fourth-order valence-electron chi connectivity index (χ4n) is 2.23. The second-order valence-electron chi connectivity index (χ2n) is 5.64. The van der Waals surface area contributed by atoms with Crippen molar-refractivity contribution in [3.05, 3.63) is 33.1 Å².